The lowest BCUT2D eigenvalue weighted by molar-refractivity contribution is -0.121. The predicted molar refractivity (Wildman–Crippen MR) is 82.2 cm³/mol. The minimum atomic E-state index is -3.69. The highest BCUT2D eigenvalue weighted by atomic mass is 32.2. The highest BCUT2D eigenvalue weighted by Gasteiger charge is 2.19. The van der Waals surface area contributed by atoms with E-state index in [-0.39, 0.29) is 25.4 Å². The Hall–Kier alpha value is -1.39. The number of hydrogen-bond acceptors (Lipinski definition) is 5. The number of hydrogen-bond donors (Lipinski definition) is 3. The summed E-state index contributed by atoms with van der Waals surface area (Å²) in [5, 5.41) is 7.37. The second-order valence-corrected chi connectivity index (χ2v) is 7.17. The second kappa shape index (κ2) is 8.91. The molecule has 0 aliphatic rings. The number of rotatable bonds is 8. The first-order valence-corrected chi connectivity index (χ1v) is 8.43. The van der Waals surface area contributed by atoms with E-state index in [1.165, 1.54) is 4.90 Å². The molecule has 0 heterocycles. The molecule has 0 spiro atoms. The van der Waals surface area contributed by atoms with Crippen molar-refractivity contribution in [3.63, 3.8) is 0 Å². The molecule has 9 nitrogen and oxygen atoms in total. The number of carbonyl (C=O) groups is 2. The standard InChI is InChI=1S/C12H26N4O5S/c1-12(2,3)21-11(18)16(4)9-6-10(17)14-7-5-8-15-22(13,19)20/h15H,5-9H2,1-4H3,(H,14,17)(H2,13,19,20). The van der Waals surface area contributed by atoms with Crippen molar-refractivity contribution >= 4 is 22.2 Å². The molecule has 4 N–H and O–H groups in total. The normalized spacial score (nSPS) is 11.9. The van der Waals surface area contributed by atoms with Gasteiger partial charge in [-0.15, -0.1) is 0 Å². The van der Waals surface area contributed by atoms with Crippen molar-refractivity contribution in [1.29, 1.82) is 0 Å². The highest BCUT2D eigenvalue weighted by Crippen LogP contribution is 2.09. The van der Waals surface area contributed by atoms with Crippen LogP contribution in [0.25, 0.3) is 0 Å². The molecule has 10 heteroatoms. The van der Waals surface area contributed by atoms with E-state index in [0.717, 1.165) is 0 Å². The van der Waals surface area contributed by atoms with Crippen LogP contribution in [0.15, 0.2) is 0 Å². The summed E-state index contributed by atoms with van der Waals surface area (Å²) in [6.45, 7) is 5.99. The van der Waals surface area contributed by atoms with Crippen LogP contribution in [0.1, 0.15) is 33.6 Å². The van der Waals surface area contributed by atoms with Gasteiger partial charge in [0.1, 0.15) is 5.60 Å². The Kier molecular flexibility index (Phi) is 8.35. The molecule has 0 atom stereocenters. The van der Waals surface area contributed by atoms with E-state index in [2.05, 4.69) is 10.0 Å². The van der Waals surface area contributed by atoms with Crippen LogP contribution in [-0.4, -0.2) is 57.6 Å². The Labute approximate surface area is 131 Å². The van der Waals surface area contributed by atoms with E-state index in [0.29, 0.717) is 13.0 Å². The maximum Gasteiger partial charge on any atom is 0.410 e. The van der Waals surface area contributed by atoms with Gasteiger partial charge in [-0.1, -0.05) is 0 Å². The van der Waals surface area contributed by atoms with Crippen LogP contribution in [0.2, 0.25) is 0 Å². The van der Waals surface area contributed by atoms with Gasteiger partial charge < -0.3 is 15.0 Å². The number of nitrogens with one attached hydrogen (secondary N) is 2. The molecule has 0 saturated carbocycles. The van der Waals surface area contributed by atoms with Crippen molar-refractivity contribution in [2.75, 3.05) is 26.7 Å². The molecular formula is C12H26N4O5S. The van der Waals surface area contributed by atoms with E-state index in [1.54, 1.807) is 27.8 Å². The summed E-state index contributed by atoms with van der Waals surface area (Å²) >= 11 is 0. The third-order valence-corrected chi connectivity index (χ3v) is 2.96. The van der Waals surface area contributed by atoms with Gasteiger partial charge in [-0.3, -0.25) is 4.79 Å². The Morgan fingerprint density at radius 1 is 1.23 bits per heavy atom. The van der Waals surface area contributed by atoms with Crippen LogP contribution in [0.3, 0.4) is 0 Å². The molecule has 0 aliphatic carbocycles. The van der Waals surface area contributed by atoms with Crippen molar-refractivity contribution < 1.29 is 22.7 Å². The van der Waals surface area contributed by atoms with Gasteiger partial charge in [-0.2, -0.15) is 8.42 Å². The Balaban J connectivity index is 3.83. The van der Waals surface area contributed by atoms with E-state index in [9.17, 15) is 18.0 Å². The first-order chi connectivity index (χ1) is 9.91. The molecule has 0 unspecified atom stereocenters. The SMILES string of the molecule is CN(CCC(=O)NCCCNS(N)(=O)=O)C(=O)OC(C)(C)C. The number of ether oxygens (including phenoxy) is 1. The van der Waals surface area contributed by atoms with Gasteiger partial charge in [0.15, 0.2) is 0 Å². The molecular weight excluding hydrogens is 312 g/mol. The molecule has 0 aliphatic heterocycles. The largest absolute Gasteiger partial charge is 0.444 e. The summed E-state index contributed by atoms with van der Waals surface area (Å²) in [6, 6.07) is 0. The zero-order valence-corrected chi connectivity index (χ0v) is 14.3. The fraction of sp³-hybridized carbons (Fsp3) is 0.833. The zero-order chi connectivity index (χ0) is 17.4. The van der Waals surface area contributed by atoms with Gasteiger partial charge in [-0.05, 0) is 27.2 Å². The number of carbonyl (C=O) groups excluding carboxylic acids is 2. The third-order valence-electron chi connectivity index (χ3n) is 2.36. The molecule has 0 rings (SSSR count). The first-order valence-electron chi connectivity index (χ1n) is 6.89. The smallest absolute Gasteiger partial charge is 0.410 e. The lowest BCUT2D eigenvalue weighted by Gasteiger charge is -2.24. The van der Waals surface area contributed by atoms with Gasteiger partial charge in [0, 0.05) is 33.1 Å². The zero-order valence-electron chi connectivity index (χ0n) is 13.5. The average molecular weight is 338 g/mol. The van der Waals surface area contributed by atoms with E-state index in [4.69, 9.17) is 9.88 Å². The molecule has 0 bridgehead atoms. The Bertz CT molecular complexity index is 472. The maximum atomic E-state index is 11.7. The van der Waals surface area contributed by atoms with Crippen molar-refractivity contribution in [3.05, 3.63) is 0 Å². The molecule has 22 heavy (non-hydrogen) atoms. The Morgan fingerprint density at radius 3 is 2.32 bits per heavy atom. The molecule has 0 saturated heterocycles. The van der Waals surface area contributed by atoms with Crippen LogP contribution < -0.4 is 15.2 Å². The second-order valence-electron chi connectivity index (χ2n) is 5.79. The molecule has 0 aromatic heterocycles. The van der Waals surface area contributed by atoms with Crippen molar-refractivity contribution in [2.24, 2.45) is 5.14 Å². The van der Waals surface area contributed by atoms with E-state index < -0.39 is 21.9 Å². The van der Waals surface area contributed by atoms with Gasteiger partial charge in [0.05, 0.1) is 0 Å². The summed E-state index contributed by atoms with van der Waals surface area (Å²) < 4.78 is 28.5. The van der Waals surface area contributed by atoms with Crippen molar-refractivity contribution in [3.8, 4) is 0 Å². The quantitative estimate of drug-likeness (QED) is 0.516. The summed E-state index contributed by atoms with van der Waals surface area (Å²) in [4.78, 5) is 24.5. The monoisotopic (exact) mass is 338 g/mol. The minimum absolute atomic E-state index is 0.137. The Morgan fingerprint density at radius 2 is 1.82 bits per heavy atom. The van der Waals surface area contributed by atoms with E-state index in [1.807, 2.05) is 0 Å². The molecule has 0 radical (unpaired) electrons. The maximum absolute atomic E-state index is 11.7. The van der Waals surface area contributed by atoms with Gasteiger partial charge in [0.2, 0.25) is 5.91 Å². The number of amides is 2. The lowest BCUT2D eigenvalue weighted by atomic mass is 10.2. The molecule has 2 amide bonds. The van der Waals surface area contributed by atoms with Gasteiger partial charge >= 0.3 is 6.09 Å². The molecule has 0 aromatic carbocycles. The fourth-order valence-corrected chi connectivity index (χ4v) is 1.75. The lowest BCUT2D eigenvalue weighted by Crippen LogP contribution is -2.37. The van der Waals surface area contributed by atoms with Crippen LogP contribution in [0, 0.1) is 0 Å². The number of nitrogens with zero attached hydrogens (tertiary/aromatic N) is 1. The van der Waals surface area contributed by atoms with Gasteiger partial charge in [0.25, 0.3) is 10.2 Å². The minimum Gasteiger partial charge on any atom is -0.444 e. The summed E-state index contributed by atoms with van der Waals surface area (Å²) in [7, 11) is -2.14. The predicted octanol–water partition coefficient (Wildman–Crippen LogP) is -0.457. The van der Waals surface area contributed by atoms with Crippen LogP contribution >= 0.6 is 0 Å². The summed E-state index contributed by atoms with van der Waals surface area (Å²) in [6.07, 6.45) is 0.0697. The summed E-state index contributed by atoms with van der Waals surface area (Å²) in [5.41, 5.74) is -0.579. The van der Waals surface area contributed by atoms with Crippen LogP contribution in [0.5, 0.6) is 0 Å². The van der Waals surface area contributed by atoms with Crippen molar-refractivity contribution in [2.45, 2.75) is 39.2 Å². The molecule has 130 valence electrons. The van der Waals surface area contributed by atoms with Crippen molar-refractivity contribution in [1.82, 2.24) is 14.9 Å². The van der Waals surface area contributed by atoms with E-state index >= 15 is 0 Å². The van der Waals surface area contributed by atoms with Gasteiger partial charge in [-0.25, -0.2) is 14.7 Å². The summed E-state index contributed by atoms with van der Waals surface area (Å²) in [5.74, 6) is -0.231. The number of nitrogens with two attached hydrogens (primary N) is 1. The fourth-order valence-electron chi connectivity index (χ4n) is 1.32. The highest BCUT2D eigenvalue weighted by molar-refractivity contribution is 7.87. The molecule has 0 aromatic rings. The van der Waals surface area contributed by atoms with Crippen LogP contribution in [-0.2, 0) is 19.7 Å². The third kappa shape index (κ3) is 12.4. The topological polar surface area (TPSA) is 131 Å². The molecule has 0 fully saturated rings. The average Bonchev–Trinajstić information content (AvgIpc) is 2.31. The first kappa shape index (κ1) is 20.6. The van der Waals surface area contributed by atoms with Crippen LogP contribution in [0.4, 0.5) is 4.79 Å².